The first-order chi connectivity index (χ1) is 12.9. The summed E-state index contributed by atoms with van der Waals surface area (Å²) in [6.07, 6.45) is 4.36. The van der Waals surface area contributed by atoms with Gasteiger partial charge in [-0.3, -0.25) is 14.5 Å². The maximum Gasteiger partial charge on any atom is 0.313 e. The molecule has 1 aliphatic carbocycles. The Kier molecular flexibility index (Phi) is 4.66. The van der Waals surface area contributed by atoms with Gasteiger partial charge in [0.25, 0.3) is 0 Å². The molecule has 4 rings (SSSR count). The molecule has 0 radical (unpaired) electrons. The monoisotopic (exact) mass is 378 g/mol. The second-order valence-electron chi connectivity index (χ2n) is 8.19. The quantitative estimate of drug-likeness (QED) is 0.873. The first-order valence-corrected chi connectivity index (χ1v) is 9.59. The highest BCUT2D eigenvalue weighted by Crippen LogP contribution is 2.45. The number of hydrogen-bond donors (Lipinski definition) is 1. The van der Waals surface area contributed by atoms with Crippen LogP contribution in [-0.4, -0.2) is 59.0 Å². The summed E-state index contributed by atoms with van der Waals surface area (Å²) in [7, 11) is 0. The Hall–Kier alpha value is -2.02. The number of rotatable bonds is 4. The molecule has 1 aromatic carbocycles. The van der Waals surface area contributed by atoms with Crippen molar-refractivity contribution in [2.24, 2.45) is 11.3 Å². The number of benzene rings is 1. The van der Waals surface area contributed by atoms with E-state index >= 15 is 0 Å². The van der Waals surface area contributed by atoms with E-state index in [9.17, 15) is 23.5 Å². The van der Waals surface area contributed by atoms with Crippen molar-refractivity contribution in [1.29, 1.82) is 0 Å². The highest BCUT2D eigenvalue weighted by Gasteiger charge is 2.59. The molecule has 0 bridgehead atoms. The van der Waals surface area contributed by atoms with E-state index in [2.05, 4.69) is 4.90 Å². The van der Waals surface area contributed by atoms with Crippen LogP contribution in [0.15, 0.2) is 18.2 Å². The van der Waals surface area contributed by atoms with Crippen molar-refractivity contribution in [3.05, 3.63) is 35.4 Å². The lowest BCUT2D eigenvalue weighted by Crippen LogP contribution is -2.43. The van der Waals surface area contributed by atoms with E-state index in [0.29, 0.717) is 25.7 Å². The fraction of sp³-hybridized carbons (Fsp3) is 0.600. The van der Waals surface area contributed by atoms with Crippen LogP contribution in [0.3, 0.4) is 0 Å². The number of hydrogen-bond acceptors (Lipinski definition) is 3. The molecular weight excluding hydrogens is 354 g/mol. The molecule has 1 saturated carbocycles. The van der Waals surface area contributed by atoms with Gasteiger partial charge in [0.2, 0.25) is 5.91 Å². The van der Waals surface area contributed by atoms with E-state index < -0.39 is 23.0 Å². The lowest BCUT2D eigenvalue weighted by Gasteiger charge is -2.28. The maximum atomic E-state index is 13.9. The maximum absolute atomic E-state index is 13.9. The van der Waals surface area contributed by atoms with Gasteiger partial charge in [-0.25, -0.2) is 8.78 Å². The largest absolute Gasteiger partial charge is 0.481 e. The predicted octanol–water partition coefficient (Wildman–Crippen LogP) is 2.29. The summed E-state index contributed by atoms with van der Waals surface area (Å²) in [5.74, 6) is -3.31. The van der Waals surface area contributed by atoms with Gasteiger partial charge in [-0.2, -0.15) is 0 Å². The summed E-state index contributed by atoms with van der Waals surface area (Å²) in [6.45, 7) is 1.67. The van der Waals surface area contributed by atoms with Gasteiger partial charge >= 0.3 is 5.97 Å². The van der Waals surface area contributed by atoms with E-state index in [4.69, 9.17) is 0 Å². The van der Waals surface area contributed by atoms with Gasteiger partial charge < -0.3 is 10.0 Å². The average molecular weight is 378 g/mol. The molecule has 2 atom stereocenters. The number of fused-ring (bicyclic) bond motifs is 1. The van der Waals surface area contributed by atoms with Crippen LogP contribution in [0, 0.1) is 23.0 Å². The minimum Gasteiger partial charge on any atom is -0.481 e. The van der Waals surface area contributed by atoms with Crippen molar-refractivity contribution >= 4 is 11.9 Å². The first kappa shape index (κ1) is 18.3. The summed E-state index contributed by atoms with van der Waals surface area (Å²) in [4.78, 5) is 28.6. The zero-order chi connectivity index (χ0) is 19.2. The Morgan fingerprint density at radius 2 is 1.89 bits per heavy atom. The van der Waals surface area contributed by atoms with Crippen molar-refractivity contribution in [2.75, 3.05) is 26.2 Å². The molecule has 1 N–H and O–H groups in total. The Labute approximate surface area is 156 Å². The average Bonchev–Trinajstić information content (AvgIpc) is 3.32. The van der Waals surface area contributed by atoms with E-state index in [0.717, 1.165) is 18.9 Å². The third-order valence-electron chi connectivity index (χ3n) is 6.63. The number of nitrogens with zero attached hydrogens (tertiary/aromatic N) is 2. The minimum atomic E-state index is -1.01. The van der Waals surface area contributed by atoms with Crippen molar-refractivity contribution in [1.82, 2.24) is 9.80 Å². The standard InChI is InChI=1S/C20H24F2N2O3/c21-16-7-3-4-13(18(16)22)8-17(25)24-10-14-9-23(15-5-1-2-6-15)11-20(14,12-24)19(26)27/h3-4,7,14-15H,1-2,5-6,8-12H2,(H,26,27)/t14-,20-/m1/s1. The van der Waals surface area contributed by atoms with E-state index in [1.54, 1.807) is 0 Å². The molecule has 27 heavy (non-hydrogen) atoms. The molecule has 7 heteroatoms. The zero-order valence-corrected chi connectivity index (χ0v) is 15.2. The lowest BCUT2D eigenvalue weighted by molar-refractivity contribution is -0.149. The smallest absolute Gasteiger partial charge is 0.313 e. The van der Waals surface area contributed by atoms with Crippen molar-refractivity contribution in [3.63, 3.8) is 0 Å². The van der Waals surface area contributed by atoms with Crippen LogP contribution in [0.5, 0.6) is 0 Å². The second kappa shape index (κ2) is 6.86. The lowest BCUT2D eigenvalue weighted by atomic mass is 9.81. The fourth-order valence-corrected chi connectivity index (χ4v) is 5.10. The molecule has 0 spiro atoms. The molecule has 2 aliphatic heterocycles. The number of carbonyl (C=O) groups is 2. The Balaban J connectivity index is 1.47. The third kappa shape index (κ3) is 3.12. The van der Waals surface area contributed by atoms with Crippen LogP contribution < -0.4 is 0 Å². The number of carboxylic acids is 1. The minimum absolute atomic E-state index is 0.00835. The van der Waals surface area contributed by atoms with Gasteiger partial charge in [0, 0.05) is 43.7 Å². The number of likely N-dealkylation sites (tertiary alicyclic amines) is 2. The number of amides is 1. The van der Waals surface area contributed by atoms with Crippen LogP contribution in [0.4, 0.5) is 8.78 Å². The Bertz CT molecular complexity index is 766. The van der Waals surface area contributed by atoms with Crippen molar-refractivity contribution in [2.45, 2.75) is 38.1 Å². The highest BCUT2D eigenvalue weighted by atomic mass is 19.2. The molecule has 0 aromatic heterocycles. The molecule has 146 valence electrons. The zero-order valence-electron chi connectivity index (χ0n) is 15.2. The normalized spacial score (nSPS) is 28.7. The van der Waals surface area contributed by atoms with Crippen LogP contribution in [-0.2, 0) is 16.0 Å². The SMILES string of the molecule is O=C(Cc1cccc(F)c1F)N1C[C@H]2CN(C3CCCC3)C[C@@]2(C(=O)O)C1. The van der Waals surface area contributed by atoms with E-state index in [-0.39, 0.29) is 30.4 Å². The van der Waals surface area contributed by atoms with Gasteiger partial charge in [0.1, 0.15) is 5.41 Å². The topological polar surface area (TPSA) is 60.9 Å². The number of carboxylic acid groups (broad SMARTS) is 1. The third-order valence-corrected chi connectivity index (χ3v) is 6.63. The van der Waals surface area contributed by atoms with Gasteiger partial charge in [-0.15, -0.1) is 0 Å². The number of aliphatic carboxylic acids is 1. The van der Waals surface area contributed by atoms with Crippen LogP contribution in [0.1, 0.15) is 31.2 Å². The summed E-state index contributed by atoms with van der Waals surface area (Å²) in [6, 6.07) is 4.23. The summed E-state index contributed by atoms with van der Waals surface area (Å²) in [5, 5.41) is 9.93. The van der Waals surface area contributed by atoms with Crippen LogP contribution >= 0.6 is 0 Å². The molecule has 3 fully saturated rings. The van der Waals surface area contributed by atoms with E-state index in [1.807, 2.05) is 0 Å². The summed E-state index contributed by atoms with van der Waals surface area (Å²) < 4.78 is 27.2. The molecule has 5 nitrogen and oxygen atoms in total. The molecule has 1 amide bonds. The predicted molar refractivity (Wildman–Crippen MR) is 94.0 cm³/mol. The number of halogens is 2. The Morgan fingerprint density at radius 1 is 1.15 bits per heavy atom. The first-order valence-electron chi connectivity index (χ1n) is 9.59. The van der Waals surface area contributed by atoms with Gasteiger partial charge in [-0.1, -0.05) is 25.0 Å². The van der Waals surface area contributed by atoms with Crippen LogP contribution in [0.25, 0.3) is 0 Å². The molecular formula is C20H24F2N2O3. The molecule has 2 saturated heterocycles. The summed E-state index contributed by atoms with van der Waals surface area (Å²) >= 11 is 0. The van der Waals surface area contributed by atoms with Gasteiger partial charge in [0.15, 0.2) is 11.6 Å². The van der Waals surface area contributed by atoms with E-state index in [1.165, 1.54) is 29.9 Å². The molecule has 2 heterocycles. The van der Waals surface area contributed by atoms with Crippen molar-refractivity contribution < 1.29 is 23.5 Å². The Morgan fingerprint density at radius 3 is 2.56 bits per heavy atom. The second-order valence-corrected chi connectivity index (χ2v) is 8.19. The van der Waals surface area contributed by atoms with Crippen molar-refractivity contribution in [3.8, 4) is 0 Å². The van der Waals surface area contributed by atoms with Gasteiger partial charge in [0.05, 0.1) is 6.42 Å². The molecule has 0 unspecified atom stereocenters. The molecule has 3 aliphatic rings. The number of carbonyl (C=O) groups excluding carboxylic acids is 1. The highest BCUT2D eigenvalue weighted by molar-refractivity contribution is 5.83. The summed E-state index contributed by atoms with van der Waals surface area (Å²) in [5.41, 5.74) is -0.937. The van der Waals surface area contributed by atoms with Crippen LogP contribution in [0.2, 0.25) is 0 Å². The van der Waals surface area contributed by atoms with Gasteiger partial charge in [-0.05, 0) is 18.9 Å². The fourth-order valence-electron chi connectivity index (χ4n) is 5.10. The molecule has 1 aromatic rings.